The monoisotopic (exact) mass is 245 g/mol. The lowest BCUT2D eigenvalue weighted by atomic mass is 10.1. The molecule has 94 valence electrons. The number of pyridine rings is 1. The summed E-state index contributed by atoms with van der Waals surface area (Å²) in [4.78, 5) is 23.1. The van der Waals surface area contributed by atoms with Gasteiger partial charge >= 0.3 is 0 Å². The first-order valence-electron chi connectivity index (χ1n) is 5.72. The quantitative estimate of drug-likeness (QED) is 0.755. The molecular weight excluding hydrogens is 230 g/mol. The second-order valence-electron chi connectivity index (χ2n) is 3.87. The van der Waals surface area contributed by atoms with Gasteiger partial charge in [0.1, 0.15) is 5.82 Å². The zero-order valence-electron chi connectivity index (χ0n) is 10.1. The van der Waals surface area contributed by atoms with Gasteiger partial charge in [-0.25, -0.2) is 4.98 Å². The number of nitrogens with one attached hydrogen (secondary N) is 2. The number of nitrogens with two attached hydrogens (primary N) is 1. The second-order valence-corrected chi connectivity index (χ2v) is 3.87. The van der Waals surface area contributed by atoms with E-state index < -0.39 is 0 Å². The van der Waals surface area contributed by atoms with Crippen LogP contribution in [0.1, 0.15) is 35.6 Å². The maximum absolute atomic E-state index is 12.1. The van der Waals surface area contributed by atoms with Crippen LogP contribution < -0.4 is 11.1 Å². The van der Waals surface area contributed by atoms with Crippen LogP contribution in [0.25, 0.3) is 0 Å². The number of carbonyl (C=O) groups excluding carboxylic acids is 1. The van der Waals surface area contributed by atoms with Crippen LogP contribution in [0.3, 0.4) is 0 Å². The third kappa shape index (κ3) is 2.48. The number of nitrogens with zero attached hydrogens (tertiary/aromatic N) is 2. The molecule has 4 N–H and O–H groups in total. The largest absolute Gasteiger partial charge is 0.397 e. The van der Waals surface area contributed by atoms with Crippen LogP contribution in [-0.2, 0) is 0 Å². The topological polar surface area (TPSA) is 96.7 Å². The minimum Gasteiger partial charge on any atom is -0.397 e. The molecule has 2 aromatic rings. The molecule has 0 bridgehead atoms. The SMILES string of the molecule is CCC(NC(=O)c1ccncc1N)c1ncc[nH]1. The van der Waals surface area contributed by atoms with Gasteiger partial charge in [0.25, 0.3) is 5.91 Å². The summed E-state index contributed by atoms with van der Waals surface area (Å²) in [5.41, 5.74) is 6.50. The van der Waals surface area contributed by atoms with Crippen LogP contribution in [0.2, 0.25) is 0 Å². The molecule has 0 saturated heterocycles. The Kier molecular flexibility index (Phi) is 3.57. The fraction of sp³-hybridized carbons (Fsp3) is 0.250. The Morgan fingerprint density at radius 1 is 1.56 bits per heavy atom. The average molecular weight is 245 g/mol. The van der Waals surface area contributed by atoms with Crippen LogP contribution in [0.5, 0.6) is 0 Å². The first-order valence-corrected chi connectivity index (χ1v) is 5.72. The maximum atomic E-state index is 12.1. The Morgan fingerprint density at radius 3 is 3.00 bits per heavy atom. The molecule has 6 heteroatoms. The number of aromatic nitrogens is 3. The van der Waals surface area contributed by atoms with Crippen molar-refractivity contribution in [3.63, 3.8) is 0 Å². The van der Waals surface area contributed by atoms with Gasteiger partial charge in [-0.05, 0) is 12.5 Å². The first kappa shape index (κ1) is 12.1. The lowest BCUT2D eigenvalue weighted by Gasteiger charge is -2.15. The van der Waals surface area contributed by atoms with E-state index in [9.17, 15) is 4.79 Å². The molecule has 0 fully saturated rings. The van der Waals surface area contributed by atoms with Crippen molar-refractivity contribution in [2.24, 2.45) is 0 Å². The van der Waals surface area contributed by atoms with Crippen molar-refractivity contribution in [1.82, 2.24) is 20.3 Å². The molecule has 0 aliphatic heterocycles. The molecule has 2 rings (SSSR count). The maximum Gasteiger partial charge on any atom is 0.254 e. The lowest BCUT2D eigenvalue weighted by Crippen LogP contribution is -2.29. The number of aromatic amines is 1. The summed E-state index contributed by atoms with van der Waals surface area (Å²) in [5, 5.41) is 2.89. The predicted octanol–water partition coefficient (Wildman–Crippen LogP) is 1.27. The van der Waals surface area contributed by atoms with Crippen LogP contribution in [0.15, 0.2) is 30.9 Å². The zero-order valence-corrected chi connectivity index (χ0v) is 10.1. The first-order chi connectivity index (χ1) is 8.72. The van der Waals surface area contributed by atoms with Gasteiger partial charge in [0.2, 0.25) is 0 Å². The third-order valence-electron chi connectivity index (χ3n) is 2.66. The molecule has 0 radical (unpaired) electrons. The van der Waals surface area contributed by atoms with E-state index >= 15 is 0 Å². The molecule has 1 amide bonds. The van der Waals surface area contributed by atoms with Crippen molar-refractivity contribution in [3.05, 3.63) is 42.2 Å². The Morgan fingerprint density at radius 2 is 2.39 bits per heavy atom. The van der Waals surface area contributed by atoms with E-state index in [1.807, 2.05) is 6.92 Å². The van der Waals surface area contributed by atoms with Crippen molar-refractivity contribution in [2.75, 3.05) is 5.73 Å². The number of hydrogen-bond donors (Lipinski definition) is 3. The van der Waals surface area contributed by atoms with Crippen LogP contribution in [-0.4, -0.2) is 20.9 Å². The molecule has 0 aromatic carbocycles. The van der Waals surface area contributed by atoms with Gasteiger partial charge in [0.05, 0.1) is 23.5 Å². The number of H-pyrrole nitrogens is 1. The molecule has 18 heavy (non-hydrogen) atoms. The van der Waals surface area contributed by atoms with Crippen molar-refractivity contribution < 1.29 is 4.79 Å². The van der Waals surface area contributed by atoms with Crippen molar-refractivity contribution >= 4 is 11.6 Å². The van der Waals surface area contributed by atoms with E-state index in [1.54, 1.807) is 24.7 Å². The average Bonchev–Trinajstić information content (AvgIpc) is 2.90. The number of anilines is 1. The van der Waals surface area contributed by atoms with E-state index in [0.717, 1.165) is 12.2 Å². The van der Waals surface area contributed by atoms with Crippen molar-refractivity contribution in [2.45, 2.75) is 19.4 Å². The fourth-order valence-electron chi connectivity index (χ4n) is 1.68. The number of hydrogen-bond acceptors (Lipinski definition) is 4. The summed E-state index contributed by atoms with van der Waals surface area (Å²) in [6.45, 7) is 1.98. The molecule has 0 saturated carbocycles. The summed E-state index contributed by atoms with van der Waals surface area (Å²) in [5.74, 6) is 0.511. The normalized spacial score (nSPS) is 12.1. The van der Waals surface area contributed by atoms with Crippen molar-refractivity contribution in [1.29, 1.82) is 0 Å². The molecule has 1 atom stereocenters. The van der Waals surface area contributed by atoms with E-state index in [0.29, 0.717) is 11.3 Å². The summed E-state index contributed by atoms with van der Waals surface area (Å²) in [7, 11) is 0. The van der Waals surface area contributed by atoms with Gasteiger partial charge in [-0.15, -0.1) is 0 Å². The summed E-state index contributed by atoms with van der Waals surface area (Å²) in [6.07, 6.45) is 7.13. The van der Waals surface area contributed by atoms with E-state index in [2.05, 4.69) is 20.3 Å². The molecule has 0 aliphatic rings. The minimum absolute atomic E-state index is 0.153. The summed E-state index contributed by atoms with van der Waals surface area (Å²) in [6, 6.07) is 1.44. The number of imidazole rings is 1. The number of carbonyl (C=O) groups is 1. The highest BCUT2D eigenvalue weighted by Crippen LogP contribution is 2.14. The van der Waals surface area contributed by atoms with E-state index in [1.165, 1.54) is 6.20 Å². The predicted molar refractivity (Wildman–Crippen MR) is 67.7 cm³/mol. The van der Waals surface area contributed by atoms with Gasteiger partial charge in [0, 0.05) is 18.6 Å². The van der Waals surface area contributed by atoms with Crippen molar-refractivity contribution in [3.8, 4) is 0 Å². The zero-order chi connectivity index (χ0) is 13.0. The Labute approximate surface area is 105 Å². The van der Waals surface area contributed by atoms with E-state index in [4.69, 9.17) is 5.73 Å². The Bertz CT molecular complexity index is 523. The van der Waals surface area contributed by atoms with Gasteiger partial charge in [-0.2, -0.15) is 0 Å². The van der Waals surface area contributed by atoms with Gasteiger partial charge in [-0.3, -0.25) is 9.78 Å². The third-order valence-corrected chi connectivity index (χ3v) is 2.66. The van der Waals surface area contributed by atoms with Gasteiger partial charge < -0.3 is 16.0 Å². The molecular formula is C12H15N5O. The summed E-state index contributed by atoms with van der Waals surface area (Å²) < 4.78 is 0. The molecule has 6 nitrogen and oxygen atoms in total. The highest BCUT2D eigenvalue weighted by atomic mass is 16.1. The van der Waals surface area contributed by atoms with Gasteiger partial charge in [-0.1, -0.05) is 6.92 Å². The number of rotatable bonds is 4. The highest BCUT2D eigenvalue weighted by molar-refractivity contribution is 5.98. The minimum atomic E-state index is -0.224. The molecule has 0 aliphatic carbocycles. The number of amides is 1. The van der Waals surface area contributed by atoms with Gasteiger partial charge in [0.15, 0.2) is 0 Å². The van der Waals surface area contributed by atoms with Crippen LogP contribution in [0.4, 0.5) is 5.69 Å². The summed E-state index contributed by atoms with van der Waals surface area (Å²) >= 11 is 0. The Balaban J connectivity index is 2.14. The lowest BCUT2D eigenvalue weighted by molar-refractivity contribution is 0.0934. The molecule has 2 aromatic heterocycles. The molecule has 1 unspecified atom stereocenters. The standard InChI is InChI=1S/C12H15N5O/c1-2-10(11-15-5-6-16-11)17-12(18)8-3-4-14-7-9(8)13/h3-7,10H,2,13H2,1H3,(H,15,16)(H,17,18). The fourth-order valence-corrected chi connectivity index (χ4v) is 1.68. The highest BCUT2D eigenvalue weighted by Gasteiger charge is 2.17. The van der Waals surface area contributed by atoms with Crippen LogP contribution in [0, 0.1) is 0 Å². The smallest absolute Gasteiger partial charge is 0.254 e. The Hall–Kier alpha value is -2.37. The second kappa shape index (κ2) is 5.31. The molecule has 2 heterocycles. The molecule has 0 spiro atoms. The van der Waals surface area contributed by atoms with E-state index in [-0.39, 0.29) is 11.9 Å². The van der Waals surface area contributed by atoms with Crippen LogP contribution >= 0.6 is 0 Å². The number of nitrogen functional groups attached to an aromatic ring is 1.